The van der Waals surface area contributed by atoms with Gasteiger partial charge in [0.15, 0.2) is 5.69 Å². The summed E-state index contributed by atoms with van der Waals surface area (Å²) < 4.78 is 6.39. The van der Waals surface area contributed by atoms with E-state index in [1.807, 2.05) is 36.4 Å². The van der Waals surface area contributed by atoms with Crippen LogP contribution >= 0.6 is 0 Å². The molecule has 7 heteroatoms. The van der Waals surface area contributed by atoms with Crippen molar-refractivity contribution in [2.75, 3.05) is 12.8 Å². The van der Waals surface area contributed by atoms with Gasteiger partial charge in [0.2, 0.25) is 0 Å². The lowest BCUT2D eigenvalue weighted by atomic mass is 10.0. The summed E-state index contributed by atoms with van der Waals surface area (Å²) in [6.07, 6.45) is 1.53. The Kier molecular flexibility index (Phi) is 4.76. The van der Waals surface area contributed by atoms with Gasteiger partial charge in [0.25, 0.3) is 0 Å². The van der Waals surface area contributed by atoms with E-state index in [2.05, 4.69) is 35.9 Å². The van der Waals surface area contributed by atoms with Crippen LogP contribution in [-0.4, -0.2) is 27.6 Å². The average molecular weight is 399 g/mol. The smallest absolute Gasteiger partial charge is 0.357 e. The van der Waals surface area contributed by atoms with Crippen LogP contribution in [0.2, 0.25) is 0 Å². The Morgan fingerprint density at radius 1 is 1.23 bits per heavy atom. The number of methoxy groups -OCH3 is 1. The second-order valence-corrected chi connectivity index (χ2v) is 7.34. The minimum atomic E-state index is -0.601. The van der Waals surface area contributed by atoms with Crippen LogP contribution in [0.25, 0.3) is 28.1 Å². The Hall–Kier alpha value is -4.05. The molecule has 2 aromatic heterocycles. The maximum atomic E-state index is 12.2. The predicted molar refractivity (Wildman–Crippen MR) is 115 cm³/mol. The van der Waals surface area contributed by atoms with E-state index in [0.717, 1.165) is 22.4 Å². The first-order valence-electron chi connectivity index (χ1n) is 9.52. The van der Waals surface area contributed by atoms with Gasteiger partial charge in [-0.3, -0.25) is 0 Å². The quantitative estimate of drug-likeness (QED) is 0.495. The van der Waals surface area contributed by atoms with Crippen LogP contribution in [0.5, 0.6) is 0 Å². The molecule has 0 fully saturated rings. The molecule has 150 valence electrons. The Labute approximate surface area is 173 Å². The minimum Gasteiger partial charge on any atom is -0.464 e. The first kappa shape index (κ1) is 19.3. The summed E-state index contributed by atoms with van der Waals surface area (Å²) in [5, 5.41) is 9.27. The third-order valence-corrected chi connectivity index (χ3v) is 5.14. The minimum absolute atomic E-state index is 0.103. The van der Waals surface area contributed by atoms with Crippen LogP contribution < -0.4 is 5.73 Å². The molecular weight excluding hydrogens is 378 g/mol. The zero-order chi connectivity index (χ0) is 21.4. The van der Waals surface area contributed by atoms with Crippen molar-refractivity contribution in [3.05, 3.63) is 65.5 Å². The molecule has 4 rings (SSSR count). The topological polar surface area (TPSA) is 110 Å². The number of H-pyrrole nitrogens is 1. The van der Waals surface area contributed by atoms with Crippen LogP contribution in [-0.2, 0) is 4.74 Å². The maximum absolute atomic E-state index is 12.2. The highest BCUT2D eigenvalue weighted by Gasteiger charge is 2.21. The van der Waals surface area contributed by atoms with Crippen molar-refractivity contribution < 1.29 is 9.53 Å². The highest BCUT2D eigenvalue weighted by atomic mass is 16.5. The van der Waals surface area contributed by atoms with Gasteiger partial charge in [0, 0.05) is 17.4 Å². The third kappa shape index (κ3) is 3.18. The molecule has 0 aliphatic rings. The fourth-order valence-corrected chi connectivity index (χ4v) is 3.42. The molecule has 2 heterocycles. The first-order chi connectivity index (χ1) is 14.4. The van der Waals surface area contributed by atoms with E-state index in [-0.39, 0.29) is 16.9 Å². The van der Waals surface area contributed by atoms with Gasteiger partial charge in [-0.15, -0.1) is 0 Å². The number of rotatable bonds is 4. The van der Waals surface area contributed by atoms with Crippen molar-refractivity contribution in [3.8, 4) is 23.1 Å². The highest BCUT2D eigenvalue weighted by molar-refractivity contribution is 5.96. The number of ether oxygens (including phenoxy) is 1. The van der Waals surface area contributed by atoms with Crippen LogP contribution in [0.3, 0.4) is 0 Å². The number of fused-ring (bicyclic) bond motifs is 1. The number of nitrogens with one attached hydrogen (secondary N) is 1. The number of benzene rings is 2. The number of anilines is 1. The second kappa shape index (κ2) is 7.41. The number of esters is 1. The number of aromatic amines is 1. The number of carbonyl (C=O) groups is 1. The third-order valence-electron chi connectivity index (χ3n) is 5.14. The summed E-state index contributed by atoms with van der Waals surface area (Å²) >= 11 is 0. The average Bonchev–Trinajstić information content (AvgIpc) is 3.33. The van der Waals surface area contributed by atoms with Gasteiger partial charge in [0.1, 0.15) is 11.9 Å². The Balaban J connectivity index is 1.73. The summed E-state index contributed by atoms with van der Waals surface area (Å²) in [5.74, 6) is 0.600. The van der Waals surface area contributed by atoms with Crippen LogP contribution in [0.4, 0.5) is 5.69 Å². The van der Waals surface area contributed by atoms with Crippen LogP contribution in [0, 0.1) is 11.3 Å². The molecule has 7 nitrogen and oxygen atoms in total. The number of nitrogens with two attached hydrogens (primary N) is 1. The molecular formula is C23H21N5O2. The van der Waals surface area contributed by atoms with Gasteiger partial charge in [-0.25, -0.2) is 9.78 Å². The number of hydrogen-bond donors (Lipinski definition) is 2. The van der Waals surface area contributed by atoms with E-state index in [4.69, 9.17) is 10.5 Å². The van der Waals surface area contributed by atoms with Gasteiger partial charge in [-0.2, -0.15) is 5.26 Å². The van der Waals surface area contributed by atoms with Crippen LogP contribution in [0.1, 0.15) is 41.4 Å². The molecule has 0 amide bonds. The maximum Gasteiger partial charge on any atom is 0.357 e. The molecule has 0 spiro atoms. The van der Waals surface area contributed by atoms with Crippen molar-refractivity contribution >= 4 is 22.7 Å². The molecule has 0 unspecified atom stereocenters. The number of nitrogens with zero attached hydrogens (tertiary/aromatic N) is 3. The summed E-state index contributed by atoms with van der Waals surface area (Å²) in [6, 6.07) is 15.7. The van der Waals surface area contributed by atoms with Crippen molar-refractivity contribution in [1.29, 1.82) is 5.26 Å². The normalized spacial score (nSPS) is 11.0. The lowest BCUT2D eigenvalue weighted by Gasteiger charge is -2.09. The fraction of sp³-hybridized carbons (Fsp3) is 0.174. The molecule has 0 bridgehead atoms. The van der Waals surface area contributed by atoms with E-state index in [1.54, 1.807) is 4.57 Å². The van der Waals surface area contributed by atoms with Gasteiger partial charge in [0.05, 0.1) is 29.4 Å². The van der Waals surface area contributed by atoms with E-state index < -0.39 is 5.97 Å². The number of carbonyl (C=O) groups excluding carboxylic acids is 1. The molecule has 4 aromatic rings. The number of aromatic nitrogens is 3. The lowest BCUT2D eigenvalue weighted by molar-refractivity contribution is 0.0593. The van der Waals surface area contributed by atoms with E-state index in [9.17, 15) is 10.1 Å². The SMILES string of the molecule is COC(=O)c1c(N)c(C#N)cn1-c1ccc(-c2nc3ccc(C(C)C)cc3[nH]2)cc1. The number of nitrogen functional groups attached to an aromatic ring is 1. The highest BCUT2D eigenvalue weighted by Crippen LogP contribution is 2.27. The molecule has 3 N–H and O–H groups in total. The predicted octanol–water partition coefficient (Wildman–Crippen LogP) is 4.38. The molecule has 0 saturated carbocycles. The fourth-order valence-electron chi connectivity index (χ4n) is 3.42. The molecule has 0 radical (unpaired) electrons. The summed E-state index contributed by atoms with van der Waals surface area (Å²) in [6.45, 7) is 4.32. The van der Waals surface area contributed by atoms with Gasteiger partial charge in [-0.1, -0.05) is 19.9 Å². The Bertz CT molecular complexity index is 1290. The molecule has 0 aliphatic carbocycles. The van der Waals surface area contributed by atoms with Crippen molar-refractivity contribution in [2.45, 2.75) is 19.8 Å². The number of nitriles is 1. The Morgan fingerprint density at radius 2 is 1.97 bits per heavy atom. The van der Waals surface area contributed by atoms with E-state index >= 15 is 0 Å². The number of hydrogen-bond acceptors (Lipinski definition) is 5. The largest absolute Gasteiger partial charge is 0.464 e. The molecule has 0 atom stereocenters. The van der Waals surface area contributed by atoms with Gasteiger partial charge >= 0.3 is 5.97 Å². The zero-order valence-corrected chi connectivity index (χ0v) is 16.9. The molecule has 30 heavy (non-hydrogen) atoms. The number of imidazole rings is 1. The molecule has 0 aliphatic heterocycles. The monoisotopic (exact) mass is 399 g/mol. The van der Waals surface area contributed by atoms with Crippen LogP contribution in [0.15, 0.2) is 48.7 Å². The molecule has 0 saturated heterocycles. The van der Waals surface area contributed by atoms with Gasteiger partial charge < -0.3 is 20.0 Å². The Morgan fingerprint density at radius 3 is 2.60 bits per heavy atom. The van der Waals surface area contributed by atoms with Crippen molar-refractivity contribution in [2.24, 2.45) is 0 Å². The van der Waals surface area contributed by atoms with Crippen molar-refractivity contribution in [1.82, 2.24) is 14.5 Å². The molecule has 2 aromatic carbocycles. The second-order valence-electron chi connectivity index (χ2n) is 7.34. The first-order valence-corrected chi connectivity index (χ1v) is 9.52. The van der Waals surface area contributed by atoms with E-state index in [1.165, 1.54) is 18.9 Å². The lowest BCUT2D eigenvalue weighted by Crippen LogP contribution is -2.11. The standard InChI is InChI=1S/C23H21N5O2/c1-13(2)15-6-9-18-19(10-15)27-22(26-18)14-4-7-17(8-5-14)28-12-16(11-24)20(25)21(28)23(29)30-3/h4-10,12-13H,25H2,1-3H3,(H,26,27). The summed E-state index contributed by atoms with van der Waals surface area (Å²) in [5.41, 5.74) is 11.2. The van der Waals surface area contributed by atoms with Crippen molar-refractivity contribution in [3.63, 3.8) is 0 Å². The summed E-state index contributed by atoms with van der Waals surface area (Å²) in [4.78, 5) is 20.2. The van der Waals surface area contributed by atoms with Gasteiger partial charge in [-0.05, 0) is 47.9 Å². The zero-order valence-electron chi connectivity index (χ0n) is 16.9. The van der Waals surface area contributed by atoms with E-state index in [0.29, 0.717) is 11.6 Å². The summed E-state index contributed by atoms with van der Waals surface area (Å²) in [7, 11) is 1.28.